The van der Waals surface area contributed by atoms with E-state index in [2.05, 4.69) is 25.7 Å². The number of hydrogen-bond donors (Lipinski definition) is 2. The quantitative estimate of drug-likeness (QED) is 0.610. The Hall–Kier alpha value is -3.46. The van der Waals surface area contributed by atoms with Crippen LogP contribution in [0.15, 0.2) is 48.9 Å². The van der Waals surface area contributed by atoms with Crippen molar-refractivity contribution in [3.8, 4) is 0 Å². The van der Waals surface area contributed by atoms with Crippen molar-refractivity contribution in [1.82, 2.24) is 19.7 Å². The van der Waals surface area contributed by atoms with Crippen molar-refractivity contribution in [1.29, 1.82) is 0 Å². The molecule has 1 fully saturated rings. The van der Waals surface area contributed by atoms with Gasteiger partial charge in [0.1, 0.15) is 6.04 Å². The van der Waals surface area contributed by atoms with E-state index in [4.69, 9.17) is 11.6 Å². The minimum atomic E-state index is -0.475. The second kappa shape index (κ2) is 9.13. The molecule has 2 amide bonds. The third-order valence-electron chi connectivity index (χ3n) is 5.02. The van der Waals surface area contributed by atoms with Crippen LogP contribution in [0.3, 0.4) is 0 Å². The molecule has 2 aromatic heterocycles. The highest BCUT2D eigenvalue weighted by molar-refractivity contribution is 6.34. The molecule has 31 heavy (non-hydrogen) atoms. The molecule has 4 rings (SSSR count). The molecule has 1 aromatic carbocycles. The van der Waals surface area contributed by atoms with Gasteiger partial charge < -0.3 is 15.5 Å². The molecule has 1 aliphatic rings. The summed E-state index contributed by atoms with van der Waals surface area (Å²) in [5, 5.41) is 9.88. The van der Waals surface area contributed by atoms with Crippen LogP contribution in [-0.4, -0.2) is 44.7 Å². The fourth-order valence-corrected chi connectivity index (χ4v) is 3.50. The first-order valence-corrected chi connectivity index (χ1v) is 10.4. The smallest absolute Gasteiger partial charge is 0.276 e. The van der Waals surface area contributed by atoms with E-state index in [-0.39, 0.29) is 16.6 Å². The van der Waals surface area contributed by atoms with Crippen LogP contribution < -0.4 is 15.5 Å². The van der Waals surface area contributed by atoms with Crippen LogP contribution in [0.25, 0.3) is 0 Å². The molecule has 3 heterocycles. The number of nitrogens with zero attached hydrogens (tertiary/aromatic N) is 5. The number of rotatable bonds is 6. The molecule has 1 atom stereocenters. The lowest BCUT2D eigenvalue weighted by Gasteiger charge is -2.16. The number of halogens is 1. The molecule has 0 saturated carbocycles. The van der Waals surface area contributed by atoms with Crippen LogP contribution in [0.1, 0.15) is 36.3 Å². The second-order valence-corrected chi connectivity index (χ2v) is 7.65. The standard InChI is InChI=1S/C21H22ClN7O2/c1-14(29-11-5-8-24-29)19(30)25-15-6-4-7-16(12-15)26-20(31)18-17(22)13-23-21(27-18)28-9-2-3-10-28/h4-8,11-14H,2-3,9-10H2,1H3,(H,25,30)(H,26,31)/t14-/m1/s1. The molecule has 3 aromatic rings. The summed E-state index contributed by atoms with van der Waals surface area (Å²) < 4.78 is 1.57. The molecular formula is C21H22ClN7O2. The fourth-order valence-electron chi connectivity index (χ4n) is 3.33. The fraction of sp³-hybridized carbons (Fsp3) is 0.286. The van der Waals surface area contributed by atoms with Crippen molar-refractivity contribution < 1.29 is 9.59 Å². The van der Waals surface area contributed by atoms with Gasteiger partial charge in [-0.2, -0.15) is 5.10 Å². The summed E-state index contributed by atoms with van der Waals surface area (Å²) in [7, 11) is 0. The van der Waals surface area contributed by atoms with Crippen molar-refractivity contribution in [2.45, 2.75) is 25.8 Å². The van der Waals surface area contributed by atoms with Crippen molar-refractivity contribution in [2.24, 2.45) is 0 Å². The Morgan fingerprint density at radius 2 is 1.87 bits per heavy atom. The molecule has 160 valence electrons. The van der Waals surface area contributed by atoms with Gasteiger partial charge in [-0.1, -0.05) is 17.7 Å². The zero-order valence-electron chi connectivity index (χ0n) is 17.0. The van der Waals surface area contributed by atoms with Crippen LogP contribution >= 0.6 is 11.6 Å². The van der Waals surface area contributed by atoms with Crippen LogP contribution in [0.4, 0.5) is 17.3 Å². The van der Waals surface area contributed by atoms with Gasteiger partial charge in [0.05, 0.1) is 11.2 Å². The van der Waals surface area contributed by atoms with E-state index < -0.39 is 11.9 Å². The number of aromatic nitrogens is 4. The summed E-state index contributed by atoms with van der Waals surface area (Å²) in [4.78, 5) is 35.9. The van der Waals surface area contributed by atoms with Gasteiger partial charge in [0.25, 0.3) is 5.91 Å². The molecule has 0 aliphatic carbocycles. The molecular weight excluding hydrogens is 418 g/mol. The predicted octanol–water partition coefficient (Wildman–Crippen LogP) is 3.38. The SMILES string of the molecule is C[C@H](C(=O)Nc1cccc(NC(=O)c2nc(N3CCCC3)ncc2Cl)c1)n1cccn1. The Kier molecular flexibility index (Phi) is 6.13. The minimum Gasteiger partial charge on any atom is -0.341 e. The average Bonchev–Trinajstić information content (AvgIpc) is 3.48. The first-order chi connectivity index (χ1) is 15.0. The maximum absolute atomic E-state index is 12.8. The van der Waals surface area contributed by atoms with Gasteiger partial charge in [0, 0.05) is 36.9 Å². The molecule has 0 unspecified atom stereocenters. The Labute approximate surface area is 184 Å². The van der Waals surface area contributed by atoms with E-state index in [0.717, 1.165) is 25.9 Å². The molecule has 9 nitrogen and oxygen atoms in total. The van der Waals surface area contributed by atoms with Crippen molar-refractivity contribution in [3.63, 3.8) is 0 Å². The van der Waals surface area contributed by atoms with E-state index >= 15 is 0 Å². The number of anilines is 3. The van der Waals surface area contributed by atoms with Crippen LogP contribution in [0.5, 0.6) is 0 Å². The summed E-state index contributed by atoms with van der Waals surface area (Å²) in [6, 6.07) is 8.15. The van der Waals surface area contributed by atoms with Gasteiger partial charge in [0.2, 0.25) is 11.9 Å². The lowest BCUT2D eigenvalue weighted by atomic mass is 10.2. The van der Waals surface area contributed by atoms with Crippen molar-refractivity contribution >= 4 is 40.7 Å². The van der Waals surface area contributed by atoms with E-state index in [1.165, 1.54) is 6.20 Å². The maximum Gasteiger partial charge on any atom is 0.276 e. The Balaban J connectivity index is 1.45. The van der Waals surface area contributed by atoms with Gasteiger partial charge in [-0.15, -0.1) is 0 Å². The second-order valence-electron chi connectivity index (χ2n) is 7.25. The molecule has 0 bridgehead atoms. The first-order valence-electron chi connectivity index (χ1n) is 10.00. The van der Waals surface area contributed by atoms with Gasteiger partial charge in [-0.3, -0.25) is 14.3 Å². The largest absolute Gasteiger partial charge is 0.341 e. The molecule has 0 radical (unpaired) electrons. The van der Waals surface area contributed by atoms with Crippen LogP contribution in [0, 0.1) is 0 Å². The summed E-state index contributed by atoms with van der Waals surface area (Å²) in [5.74, 6) is -0.164. The lowest BCUT2D eigenvalue weighted by molar-refractivity contribution is -0.119. The van der Waals surface area contributed by atoms with Gasteiger partial charge in [0.15, 0.2) is 5.69 Å². The van der Waals surface area contributed by atoms with Crippen molar-refractivity contribution in [3.05, 3.63) is 59.6 Å². The number of benzene rings is 1. The maximum atomic E-state index is 12.8. The third-order valence-corrected chi connectivity index (χ3v) is 5.30. The van der Waals surface area contributed by atoms with E-state index in [9.17, 15) is 9.59 Å². The van der Waals surface area contributed by atoms with E-state index in [0.29, 0.717) is 17.3 Å². The molecule has 1 aliphatic heterocycles. The van der Waals surface area contributed by atoms with Crippen LogP contribution in [0.2, 0.25) is 5.02 Å². The highest BCUT2D eigenvalue weighted by Gasteiger charge is 2.20. The number of carbonyl (C=O) groups excluding carboxylic acids is 2. The molecule has 0 spiro atoms. The van der Waals surface area contributed by atoms with E-state index in [1.54, 1.807) is 54.3 Å². The number of amides is 2. The summed E-state index contributed by atoms with van der Waals surface area (Å²) in [6.07, 6.45) is 6.94. The zero-order valence-corrected chi connectivity index (χ0v) is 17.7. The summed E-state index contributed by atoms with van der Waals surface area (Å²) in [5.41, 5.74) is 1.17. The molecule has 2 N–H and O–H groups in total. The molecule has 10 heteroatoms. The van der Waals surface area contributed by atoms with Gasteiger partial charge in [-0.25, -0.2) is 9.97 Å². The first kappa shape index (κ1) is 20.8. The van der Waals surface area contributed by atoms with E-state index in [1.807, 2.05) is 4.90 Å². The van der Waals surface area contributed by atoms with Crippen molar-refractivity contribution in [2.75, 3.05) is 28.6 Å². The minimum absolute atomic E-state index is 0.111. The van der Waals surface area contributed by atoms with Gasteiger partial charge >= 0.3 is 0 Å². The highest BCUT2D eigenvalue weighted by atomic mass is 35.5. The Morgan fingerprint density at radius 1 is 1.13 bits per heavy atom. The molecule has 1 saturated heterocycles. The zero-order chi connectivity index (χ0) is 21.8. The average molecular weight is 440 g/mol. The predicted molar refractivity (Wildman–Crippen MR) is 118 cm³/mol. The lowest BCUT2D eigenvalue weighted by Crippen LogP contribution is -2.24. The highest BCUT2D eigenvalue weighted by Crippen LogP contribution is 2.22. The summed E-state index contributed by atoms with van der Waals surface area (Å²) in [6.45, 7) is 3.48. The Morgan fingerprint density at radius 3 is 2.58 bits per heavy atom. The number of hydrogen-bond acceptors (Lipinski definition) is 6. The number of carbonyl (C=O) groups is 2. The normalized spacial score (nSPS) is 14.3. The monoisotopic (exact) mass is 439 g/mol. The topological polar surface area (TPSA) is 105 Å². The summed E-state index contributed by atoms with van der Waals surface area (Å²) >= 11 is 6.18. The Bertz CT molecular complexity index is 1080. The number of nitrogens with one attached hydrogen (secondary N) is 2. The third kappa shape index (κ3) is 4.83. The van der Waals surface area contributed by atoms with Gasteiger partial charge in [-0.05, 0) is 44.0 Å². The van der Waals surface area contributed by atoms with Crippen LogP contribution in [-0.2, 0) is 4.79 Å².